The minimum absolute atomic E-state index is 0.0287. The van der Waals surface area contributed by atoms with Gasteiger partial charge in [0.2, 0.25) is 0 Å². The first-order valence-electron chi connectivity index (χ1n) is 4.85. The van der Waals surface area contributed by atoms with Crippen LogP contribution < -0.4 is 0 Å². The number of ether oxygens (including phenoxy) is 2. The van der Waals surface area contributed by atoms with Gasteiger partial charge in [0, 0.05) is 10.0 Å². The molecule has 0 unspecified atom stereocenters. The Kier molecular flexibility index (Phi) is 3.52. The maximum Gasteiger partial charge on any atom is 0.104 e. The molecule has 1 fully saturated rings. The lowest BCUT2D eigenvalue weighted by Crippen LogP contribution is -2.06. The molecule has 2 atom stereocenters. The summed E-state index contributed by atoms with van der Waals surface area (Å²) < 4.78 is 10.7. The zero-order valence-corrected chi connectivity index (χ0v) is 9.89. The van der Waals surface area contributed by atoms with Crippen LogP contribution in [0.1, 0.15) is 18.6 Å². The van der Waals surface area contributed by atoms with Crippen molar-refractivity contribution in [3.8, 4) is 0 Å². The summed E-state index contributed by atoms with van der Waals surface area (Å²) in [5.41, 5.74) is 0.960. The average molecular weight is 247 g/mol. The Labute approximate surface area is 99.1 Å². The number of hydrogen-bond acceptors (Lipinski definition) is 2. The van der Waals surface area contributed by atoms with Gasteiger partial charge in [-0.25, -0.2) is 0 Å². The minimum Gasteiger partial charge on any atom is -0.371 e. The smallest absolute Gasteiger partial charge is 0.104 e. The fraction of sp³-hybridized carbons (Fsp3) is 0.455. The summed E-state index contributed by atoms with van der Waals surface area (Å²) in [5.74, 6) is 0. The molecule has 1 aliphatic rings. The molecule has 82 valence electrons. The minimum atomic E-state index is -0.0287. The molecule has 0 aromatic heterocycles. The molecular formula is C11H12Cl2O2. The van der Waals surface area contributed by atoms with Crippen molar-refractivity contribution < 1.29 is 9.47 Å². The molecule has 0 spiro atoms. The van der Waals surface area contributed by atoms with Crippen LogP contribution in [0.4, 0.5) is 0 Å². The molecule has 0 amide bonds. The Hall–Kier alpha value is -0.280. The highest BCUT2D eigenvalue weighted by molar-refractivity contribution is 6.35. The molecule has 0 N–H and O–H groups in total. The molecular weight excluding hydrogens is 235 g/mol. The van der Waals surface area contributed by atoms with E-state index in [1.165, 1.54) is 0 Å². The molecule has 2 rings (SSSR count). The Morgan fingerprint density at radius 3 is 2.87 bits per heavy atom. The lowest BCUT2D eigenvalue weighted by Gasteiger charge is -2.14. The van der Waals surface area contributed by atoms with Gasteiger partial charge in [-0.05, 0) is 24.6 Å². The monoisotopic (exact) mass is 246 g/mol. The molecule has 15 heavy (non-hydrogen) atoms. The molecule has 4 heteroatoms. The highest BCUT2D eigenvalue weighted by atomic mass is 35.5. The van der Waals surface area contributed by atoms with E-state index in [1.807, 2.05) is 19.1 Å². The lowest BCUT2D eigenvalue weighted by atomic mass is 10.1. The summed E-state index contributed by atoms with van der Waals surface area (Å²) in [5, 5.41) is 1.29. The number of halogens is 2. The van der Waals surface area contributed by atoms with Crippen LogP contribution in [0.5, 0.6) is 0 Å². The third-order valence-corrected chi connectivity index (χ3v) is 2.90. The van der Waals surface area contributed by atoms with E-state index in [4.69, 9.17) is 32.7 Å². The number of benzene rings is 1. The van der Waals surface area contributed by atoms with Crippen molar-refractivity contribution in [1.29, 1.82) is 0 Å². The summed E-state index contributed by atoms with van der Waals surface area (Å²) in [4.78, 5) is 0. The fourth-order valence-corrected chi connectivity index (χ4v) is 1.90. The van der Waals surface area contributed by atoms with Crippen LogP contribution in [0.25, 0.3) is 0 Å². The van der Waals surface area contributed by atoms with Crippen molar-refractivity contribution >= 4 is 23.2 Å². The largest absolute Gasteiger partial charge is 0.371 e. The number of epoxide rings is 1. The van der Waals surface area contributed by atoms with Gasteiger partial charge in [-0.2, -0.15) is 0 Å². The van der Waals surface area contributed by atoms with E-state index in [-0.39, 0.29) is 12.2 Å². The molecule has 0 bridgehead atoms. The Morgan fingerprint density at radius 2 is 2.27 bits per heavy atom. The van der Waals surface area contributed by atoms with Gasteiger partial charge in [-0.3, -0.25) is 0 Å². The third-order valence-electron chi connectivity index (χ3n) is 2.33. The molecule has 1 aromatic rings. The third kappa shape index (κ3) is 3.08. The Morgan fingerprint density at radius 1 is 1.53 bits per heavy atom. The zero-order valence-electron chi connectivity index (χ0n) is 8.37. The van der Waals surface area contributed by atoms with Crippen LogP contribution in [0.3, 0.4) is 0 Å². The van der Waals surface area contributed by atoms with Gasteiger partial charge >= 0.3 is 0 Å². The summed E-state index contributed by atoms with van der Waals surface area (Å²) in [6.07, 6.45) is 0.248. The second-order valence-electron chi connectivity index (χ2n) is 3.60. The van der Waals surface area contributed by atoms with Crippen LogP contribution in [0, 0.1) is 0 Å². The van der Waals surface area contributed by atoms with Crippen LogP contribution in [-0.2, 0) is 9.47 Å². The number of hydrogen-bond donors (Lipinski definition) is 0. The standard InChI is InChI=1S/C11H12Cl2O2/c1-7(14-5-9-6-15-9)10-3-2-8(12)4-11(10)13/h2-4,7,9H,5-6H2,1H3/t7-,9+/m0/s1. The molecule has 2 nitrogen and oxygen atoms in total. The second-order valence-corrected chi connectivity index (χ2v) is 4.44. The Bertz CT molecular complexity index is 350. The van der Waals surface area contributed by atoms with E-state index in [0.717, 1.165) is 12.2 Å². The molecule has 1 aromatic carbocycles. The topological polar surface area (TPSA) is 21.8 Å². The molecule has 0 aliphatic carbocycles. The molecule has 1 aliphatic heterocycles. The maximum atomic E-state index is 6.06. The zero-order chi connectivity index (χ0) is 10.8. The Balaban J connectivity index is 1.99. The van der Waals surface area contributed by atoms with Gasteiger partial charge in [0.25, 0.3) is 0 Å². The summed E-state index contributed by atoms with van der Waals surface area (Å²) >= 11 is 11.9. The van der Waals surface area contributed by atoms with E-state index < -0.39 is 0 Å². The lowest BCUT2D eigenvalue weighted by molar-refractivity contribution is 0.0540. The van der Waals surface area contributed by atoms with Crippen molar-refractivity contribution in [2.75, 3.05) is 13.2 Å². The summed E-state index contributed by atoms with van der Waals surface area (Å²) in [6.45, 7) is 3.40. The first kappa shape index (κ1) is 11.2. The van der Waals surface area contributed by atoms with Crippen molar-refractivity contribution in [2.45, 2.75) is 19.1 Å². The first-order valence-corrected chi connectivity index (χ1v) is 5.60. The average Bonchev–Trinajstić information content (AvgIpc) is 2.97. The van der Waals surface area contributed by atoms with Gasteiger partial charge in [0.15, 0.2) is 0 Å². The van der Waals surface area contributed by atoms with Crippen molar-refractivity contribution in [3.05, 3.63) is 33.8 Å². The normalized spacial score (nSPS) is 21.4. The van der Waals surface area contributed by atoms with Crippen LogP contribution in [0.2, 0.25) is 10.0 Å². The molecule has 1 saturated heterocycles. The van der Waals surface area contributed by atoms with Crippen molar-refractivity contribution in [2.24, 2.45) is 0 Å². The van der Waals surface area contributed by atoms with Crippen LogP contribution in [-0.4, -0.2) is 19.3 Å². The molecule has 0 radical (unpaired) electrons. The maximum absolute atomic E-state index is 6.06. The van der Waals surface area contributed by atoms with Crippen LogP contribution >= 0.6 is 23.2 Å². The van der Waals surface area contributed by atoms with Crippen LogP contribution in [0.15, 0.2) is 18.2 Å². The second kappa shape index (κ2) is 4.71. The highest BCUT2D eigenvalue weighted by Gasteiger charge is 2.24. The van der Waals surface area contributed by atoms with Gasteiger partial charge in [0.05, 0.1) is 19.3 Å². The van der Waals surface area contributed by atoms with E-state index >= 15 is 0 Å². The predicted octanol–water partition coefficient (Wildman–Crippen LogP) is 3.47. The number of rotatable bonds is 4. The first-order chi connectivity index (χ1) is 7.16. The van der Waals surface area contributed by atoms with E-state index in [1.54, 1.807) is 6.07 Å². The fourth-order valence-electron chi connectivity index (χ4n) is 1.34. The molecule has 1 heterocycles. The van der Waals surface area contributed by atoms with Gasteiger partial charge in [-0.1, -0.05) is 29.3 Å². The highest BCUT2D eigenvalue weighted by Crippen LogP contribution is 2.28. The van der Waals surface area contributed by atoms with E-state index in [0.29, 0.717) is 16.7 Å². The van der Waals surface area contributed by atoms with E-state index in [9.17, 15) is 0 Å². The van der Waals surface area contributed by atoms with Crippen molar-refractivity contribution in [3.63, 3.8) is 0 Å². The quantitative estimate of drug-likeness (QED) is 0.760. The SMILES string of the molecule is C[C@H](OC[C@@H]1CO1)c1ccc(Cl)cc1Cl. The summed E-state index contributed by atoms with van der Waals surface area (Å²) in [6, 6.07) is 5.44. The van der Waals surface area contributed by atoms with Crippen molar-refractivity contribution in [1.82, 2.24) is 0 Å². The van der Waals surface area contributed by atoms with Gasteiger partial charge in [0.1, 0.15) is 6.10 Å². The molecule has 0 saturated carbocycles. The predicted molar refractivity (Wildman–Crippen MR) is 60.6 cm³/mol. The summed E-state index contributed by atoms with van der Waals surface area (Å²) in [7, 11) is 0. The van der Waals surface area contributed by atoms with E-state index in [2.05, 4.69) is 0 Å². The van der Waals surface area contributed by atoms with Gasteiger partial charge in [-0.15, -0.1) is 0 Å². The van der Waals surface area contributed by atoms with Gasteiger partial charge < -0.3 is 9.47 Å².